The van der Waals surface area contributed by atoms with Crippen molar-refractivity contribution in [3.05, 3.63) is 16.6 Å². The Morgan fingerprint density at radius 1 is 1.57 bits per heavy atom. The molecule has 3 nitrogen and oxygen atoms in total. The van der Waals surface area contributed by atoms with Crippen LogP contribution in [-0.4, -0.2) is 15.6 Å². The highest BCUT2D eigenvalue weighted by Gasteiger charge is 2.14. The van der Waals surface area contributed by atoms with E-state index in [1.165, 1.54) is 25.7 Å². The first-order valence-corrected chi connectivity index (χ1v) is 5.96. The lowest BCUT2D eigenvalue weighted by Gasteiger charge is -2.11. The first kappa shape index (κ1) is 10.2. The van der Waals surface area contributed by atoms with Gasteiger partial charge in [-0.15, -0.1) is 0 Å². The second kappa shape index (κ2) is 4.45. The Balaban J connectivity index is 1.88. The molecule has 1 heterocycles. The molecule has 14 heavy (non-hydrogen) atoms. The Bertz CT molecular complexity index is 302. The number of aromatic nitrogens is 2. The van der Waals surface area contributed by atoms with Crippen LogP contribution in [0.25, 0.3) is 0 Å². The molecule has 0 radical (unpaired) electrons. The number of nitrogens with zero attached hydrogens (tertiary/aromatic N) is 2. The summed E-state index contributed by atoms with van der Waals surface area (Å²) in [6.07, 6.45) is 7.26. The van der Waals surface area contributed by atoms with Gasteiger partial charge in [-0.05, 0) is 28.8 Å². The molecule has 0 aliphatic heterocycles. The van der Waals surface area contributed by atoms with Gasteiger partial charge in [-0.3, -0.25) is 0 Å². The summed E-state index contributed by atoms with van der Waals surface area (Å²) in [5.74, 6) is 1.10. The normalized spacial score (nSPS) is 17.9. The maximum absolute atomic E-state index is 4.33. The Kier molecular flexibility index (Phi) is 3.23. The van der Waals surface area contributed by atoms with Crippen LogP contribution in [0.5, 0.6) is 0 Å². The molecule has 1 saturated carbocycles. The molecule has 0 atom stereocenters. The molecule has 1 fully saturated rings. The molecule has 0 bridgehead atoms. The van der Waals surface area contributed by atoms with Crippen molar-refractivity contribution in [3.8, 4) is 0 Å². The quantitative estimate of drug-likeness (QED) is 0.900. The van der Waals surface area contributed by atoms with E-state index in [2.05, 4.69) is 30.8 Å². The summed E-state index contributed by atoms with van der Waals surface area (Å²) in [6, 6.07) is 0.713. The lowest BCUT2D eigenvalue weighted by Crippen LogP contribution is -2.26. The van der Waals surface area contributed by atoms with E-state index in [0.29, 0.717) is 6.04 Å². The monoisotopic (exact) mass is 257 g/mol. The highest BCUT2D eigenvalue weighted by atomic mass is 79.9. The largest absolute Gasteiger partial charge is 0.325 e. The second-order valence-electron chi connectivity index (χ2n) is 3.92. The summed E-state index contributed by atoms with van der Waals surface area (Å²) in [7, 11) is 2.03. The summed E-state index contributed by atoms with van der Waals surface area (Å²) in [5, 5.41) is 3.55. The Hall–Kier alpha value is -0.350. The first-order valence-electron chi connectivity index (χ1n) is 5.17. The van der Waals surface area contributed by atoms with Crippen molar-refractivity contribution in [2.45, 2.75) is 38.3 Å². The van der Waals surface area contributed by atoms with Gasteiger partial charge in [0.2, 0.25) is 0 Å². The molecule has 1 aliphatic carbocycles. The average molecular weight is 258 g/mol. The molecule has 1 N–H and O–H groups in total. The minimum Gasteiger partial charge on any atom is -0.325 e. The summed E-state index contributed by atoms with van der Waals surface area (Å²) in [4.78, 5) is 4.33. The highest BCUT2D eigenvalue weighted by Crippen LogP contribution is 2.18. The Morgan fingerprint density at radius 3 is 2.86 bits per heavy atom. The van der Waals surface area contributed by atoms with E-state index in [1.807, 2.05) is 13.2 Å². The topological polar surface area (TPSA) is 29.9 Å². The fourth-order valence-electron chi connectivity index (χ4n) is 1.95. The molecular weight excluding hydrogens is 242 g/mol. The molecule has 4 heteroatoms. The number of hydrogen-bond acceptors (Lipinski definition) is 2. The molecule has 78 valence electrons. The van der Waals surface area contributed by atoms with Gasteiger partial charge in [0.05, 0.1) is 12.7 Å². The maximum Gasteiger partial charge on any atom is 0.123 e. The molecule has 1 aromatic rings. The zero-order valence-electron chi connectivity index (χ0n) is 8.46. The number of imidazole rings is 1. The van der Waals surface area contributed by atoms with Crippen molar-refractivity contribution in [2.24, 2.45) is 7.05 Å². The van der Waals surface area contributed by atoms with E-state index in [0.717, 1.165) is 17.0 Å². The Labute approximate surface area is 93.0 Å². The number of nitrogens with one attached hydrogen (secondary N) is 1. The molecule has 0 amide bonds. The minimum atomic E-state index is 0.713. The van der Waals surface area contributed by atoms with E-state index >= 15 is 0 Å². The number of halogens is 1. The standard InChI is InChI=1S/C10H16BrN3/c1-14-9(11)6-13-10(14)7-12-8-4-2-3-5-8/h6,8,12H,2-5,7H2,1H3. The lowest BCUT2D eigenvalue weighted by atomic mass is 10.2. The van der Waals surface area contributed by atoms with Crippen LogP contribution in [0, 0.1) is 0 Å². The zero-order chi connectivity index (χ0) is 9.97. The third-order valence-electron chi connectivity index (χ3n) is 2.93. The van der Waals surface area contributed by atoms with Gasteiger partial charge in [0.1, 0.15) is 10.4 Å². The van der Waals surface area contributed by atoms with Crippen molar-refractivity contribution in [1.29, 1.82) is 0 Å². The lowest BCUT2D eigenvalue weighted by molar-refractivity contribution is 0.506. The third kappa shape index (κ3) is 2.17. The van der Waals surface area contributed by atoms with Crippen LogP contribution in [0.4, 0.5) is 0 Å². The predicted molar refractivity (Wildman–Crippen MR) is 60.0 cm³/mol. The van der Waals surface area contributed by atoms with Gasteiger partial charge in [-0.1, -0.05) is 12.8 Å². The number of rotatable bonds is 3. The summed E-state index contributed by atoms with van der Waals surface area (Å²) >= 11 is 3.44. The predicted octanol–water partition coefficient (Wildman–Crippen LogP) is 2.21. The summed E-state index contributed by atoms with van der Waals surface area (Å²) in [6.45, 7) is 0.882. The molecule has 0 aromatic carbocycles. The van der Waals surface area contributed by atoms with Gasteiger partial charge in [0, 0.05) is 13.1 Å². The van der Waals surface area contributed by atoms with Crippen molar-refractivity contribution < 1.29 is 0 Å². The molecule has 0 spiro atoms. The first-order chi connectivity index (χ1) is 6.77. The summed E-state index contributed by atoms with van der Waals surface area (Å²) in [5.41, 5.74) is 0. The van der Waals surface area contributed by atoms with E-state index < -0.39 is 0 Å². The van der Waals surface area contributed by atoms with Gasteiger partial charge in [0.25, 0.3) is 0 Å². The average Bonchev–Trinajstić information content (AvgIpc) is 2.77. The molecule has 1 aliphatic rings. The Morgan fingerprint density at radius 2 is 2.29 bits per heavy atom. The molecule has 1 aromatic heterocycles. The van der Waals surface area contributed by atoms with Crippen LogP contribution in [0.2, 0.25) is 0 Å². The van der Waals surface area contributed by atoms with Crippen LogP contribution < -0.4 is 5.32 Å². The fraction of sp³-hybridized carbons (Fsp3) is 0.700. The van der Waals surface area contributed by atoms with Gasteiger partial charge < -0.3 is 9.88 Å². The third-order valence-corrected chi connectivity index (χ3v) is 3.67. The van der Waals surface area contributed by atoms with E-state index in [1.54, 1.807) is 0 Å². The van der Waals surface area contributed by atoms with Gasteiger partial charge in [0.15, 0.2) is 0 Å². The zero-order valence-corrected chi connectivity index (χ0v) is 10.0. The fourth-order valence-corrected chi connectivity index (χ4v) is 2.26. The van der Waals surface area contributed by atoms with Crippen molar-refractivity contribution in [1.82, 2.24) is 14.9 Å². The minimum absolute atomic E-state index is 0.713. The van der Waals surface area contributed by atoms with Crippen LogP contribution in [0.15, 0.2) is 10.8 Å². The van der Waals surface area contributed by atoms with Crippen LogP contribution in [-0.2, 0) is 13.6 Å². The number of hydrogen-bond donors (Lipinski definition) is 1. The van der Waals surface area contributed by atoms with Crippen LogP contribution >= 0.6 is 15.9 Å². The smallest absolute Gasteiger partial charge is 0.123 e. The molecule has 0 unspecified atom stereocenters. The van der Waals surface area contributed by atoms with E-state index in [9.17, 15) is 0 Å². The van der Waals surface area contributed by atoms with Crippen molar-refractivity contribution >= 4 is 15.9 Å². The van der Waals surface area contributed by atoms with E-state index in [4.69, 9.17) is 0 Å². The molecular formula is C10H16BrN3. The van der Waals surface area contributed by atoms with Gasteiger partial charge >= 0.3 is 0 Å². The van der Waals surface area contributed by atoms with Crippen molar-refractivity contribution in [3.63, 3.8) is 0 Å². The summed E-state index contributed by atoms with van der Waals surface area (Å²) < 4.78 is 3.11. The van der Waals surface area contributed by atoms with Crippen LogP contribution in [0.3, 0.4) is 0 Å². The van der Waals surface area contributed by atoms with Gasteiger partial charge in [-0.2, -0.15) is 0 Å². The van der Waals surface area contributed by atoms with Crippen molar-refractivity contribution in [2.75, 3.05) is 0 Å². The van der Waals surface area contributed by atoms with E-state index in [-0.39, 0.29) is 0 Å². The molecule has 2 rings (SSSR count). The molecule has 0 saturated heterocycles. The highest BCUT2D eigenvalue weighted by molar-refractivity contribution is 9.10. The SMILES string of the molecule is Cn1c(Br)cnc1CNC1CCCC1. The van der Waals surface area contributed by atoms with Gasteiger partial charge in [-0.25, -0.2) is 4.98 Å². The van der Waals surface area contributed by atoms with Crippen LogP contribution in [0.1, 0.15) is 31.5 Å². The second-order valence-corrected chi connectivity index (χ2v) is 4.73. The maximum atomic E-state index is 4.33.